The zero-order valence-corrected chi connectivity index (χ0v) is 6.44. The maximum atomic E-state index is 12.9. The fourth-order valence-electron chi connectivity index (χ4n) is 1.01. The van der Waals surface area contributed by atoms with Crippen molar-refractivity contribution in [3.05, 3.63) is 0 Å². The molecule has 0 aromatic rings. The molecule has 6 heteroatoms. The van der Waals surface area contributed by atoms with Gasteiger partial charge in [0.05, 0.1) is 0 Å². The number of alkyl halides is 2. The van der Waals surface area contributed by atoms with Crippen LogP contribution in [0.25, 0.3) is 0 Å². The van der Waals surface area contributed by atoms with Gasteiger partial charge in [0, 0.05) is 0 Å². The van der Waals surface area contributed by atoms with Crippen LogP contribution in [0.15, 0.2) is 0 Å². The van der Waals surface area contributed by atoms with E-state index in [4.69, 9.17) is 4.55 Å². The highest BCUT2D eigenvalue weighted by atomic mass is 32.2. The molecule has 1 fully saturated rings. The highest BCUT2D eigenvalue weighted by molar-refractivity contribution is 7.86. The van der Waals surface area contributed by atoms with Gasteiger partial charge in [0.15, 0.2) is 5.67 Å². The number of rotatable bonds is 2. The predicted molar refractivity (Wildman–Crippen MR) is 34.1 cm³/mol. The van der Waals surface area contributed by atoms with Gasteiger partial charge in [0.1, 0.15) is 0 Å². The average molecular weight is 186 g/mol. The van der Waals surface area contributed by atoms with Crippen molar-refractivity contribution in [3.63, 3.8) is 0 Å². The first-order valence-corrected chi connectivity index (χ1v) is 4.66. The standard InChI is InChI=1S/C5H8F2O3S/c6-4(11(8,9)10)5(7)2-1-3-5/h4H,1-3H2,(H,8,9,10). The van der Waals surface area contributed by atoms with Gasteiger partial charge in [0.25, 0.3) is 5.50 Å². The van der Waals surface area contributed by atoms with E-state index in [0.717, 1.165) is 0 Å². The maximum absolute atomic E-state index is 12.9. The van der Waals surface area contributed by atoms with E-state index in [0.29, 0.717) is 6.42 Å². The van der Waals surface area contributed by atoms with Crippen LogP contribution in [0.1, 0.15) is 19.3 Å². The summed E-state index contributed by atoms with van der Waals surface area (Å²) in [4.78, 5) is 0. The van der Waals surface area contributed by atoms with Crippen LogP contribution in [0.5, 0.6) is 0 Å². The van der Waals surface area contributed by atoms with Gasteiger partial charge in [-0.3, -0.25) is 4.55 Å². The topological polar surface area (TPSA) is 54.4 Å². The summed E-state index contributed by atoms with van der Waals surface area (Å²) in [6.07, 6.45) is 0.203. The molecule has 0 amide bonds. The molecule has 66 valence electrons. The third-order valence-electron chi connectivity index (χ3n) is 1.85. The van der Waals surface area contributed by atoms with Crippen LogP contribution in [0.4, 0.5) is 8.78 Å². The molecule has 0 aliphatic heterocycles. The zero-order valence-electron chi connectivity index (χ0n) is 5.63. The second-order valence-electron chi connectivity index (χ2n) is 2.72. The molecule has 0 aromatic carbocycles. The van der Waals surface area contributed by atoms with Crippen LogP contribution in [0, 0.1) is 0 Å². The van der Waals surface area contributed by atoms with Crippen LogP contribution in [0.2, 0.25) is 0 Å². The lowest BCUT2D eigenvalue weighted by Crippen LogP contribution is -2.45. The summed E-state index contributed by atoms with van der Waals surface area (Å²) >= 11 is 0. The smallest absolute Gasteiger partial charge is 0.283 e. The zero-order chi connectivity index (χ0) is 8.70. The van der Waals surface area contributed by atoms with Gasteiger partial charge in [-0.25, -0.2) is 8.78 Å². The van der Waals surface area contributed by atoms with Crippen LogP contribution in [-0.2, 0) is 10.1 Å². The fraction of sp³-hybridized carbons (Fsp3) is 1.00. The Bertz CT molecular complexity index is 244. The summed E-state index contributed by atoms with van der Waals surface area (Å²) in [5, 5.41) is 0. The summed E-state index contributed by atoms with van der Waals surface area (Å²) in [6.45, 7) is 0. The third-order valence-corrected chi connectivity index (χ3v) is 2.80. The minimum absolute atomic E-state index is 0.131. The highest BCUT2D eigenvalue weighted by Crippen LogP contribution is 2.41. The molecule has 0 bridgehead atoms. The van der Waals surface area contributed by atoms with Crippen molar-refractivity contribution in [3.8, 4) is 0 Å². The van der Waals surface area contributed by atoms with E-state index < -0.39 is 21.3 Å². The SMILES string of the molecule is O=S(=O)(O)C(F)C1(F)CCC1. The van der Waals surface area contributed by atoms with Crippen molar-refractivity contribution in [1.29, 1.82) is 0 Å². The van der Waals surface area contributed by atoms with Gasteiger partial charge in [-0.2, -0.15) is 8.42 Å². The molecule has 3 nitrogen and oxygen atoms in total. The van der Waals surface area contributed by atoms with Crippen LogP contribution < -0.4 is 0 Å². The number of hydrogen-bond donors (Lipinski definition) is 1. The van der Waals surface area contributed by atoms with Crippen molar-refractivity contribution < 1.29 is 21.8 Å². The maximum Gasteiger partial charge on any atom is 0.300 e. The Hall–Kier alpha value is -0.230. The van der Waals surface area contributed by atoms with Crippen molar-refractivity contribution >= 4 is 10.1 Å². The number of hydrogen-bond acceptors (Lipinski definition) is 2. The molecule has 1 N–H and O–H groups in total. The molecule has 1 atom stereocenters. The first-order chi connectivity index (χ1) is 4.86. The summed E-state index contributed by atoms with van der Waals surface area (Å²) < 4.78 is 53.8. The van der Waals surface area contributed by atoms with Crippen molar-refractivity contribution in [2.45, 2.75) is 30.4 Å². The summed E-state index contributed by atoms with van der Waals surface area (Å²) in [7, 11) is -4.86. The second-order valence-corrected chi connectivity index (χ2v) is 4.16. The van der Waals surface area contributed by atoms with Crippen molar-refractivity contribution in [2.24, 2.45) is 0 Å². The molecule has 0 heterocycles. The summed E-state index contributed by atoms with van der Waals surface area (Å²) in [5.41, 5.74) is -5.11. The van der Waals surface area contributed by atoms with E-state index in [1.165, 1.54) is 0 Å². The molecule has 0 saturated heterocycles. The fourth-order valence-corrected chi connectivity index (χ4v) is 1.78. The van der Waals surface area contributed by atoms with Crippen LogP contribution in [-0.4, -0.2) is 24.1 Å². The summed E-state index contributed by atoms with van der Waals surface area (Å²) in [6, 6.07) is 0. The molecule has 1 rings (SSSR count). The van der Waals surface area contributed by atoms with Gasteiger partial charge in [-0.1, -0.05) is 0 Å². The van der Waals surface area contributed by atoms with E-state index in [1.54, 1.807) is 0 Å². The van der Waals surface area contributed by atoms with Gasteiger partial charge >= 0.3 is 10.1 Å². The second kappa shape index (κ2) is 2.38. The molecule has 0 radical (unpaired) electrons. The lowest BCUT2D eigenvalue weighted by atomic mass is 9.83. The molecule has 0 aromatic heterocycles. The summed E-state index contributed by atoms with van der Waals surface area (Å²) in [5.74, 6) is 0. The van der Waals surface area contributed by atoms with E-state index in [2.05, 4.69) is 0 Å². The largest absolute Gasteiger partial charge is 0.300 e. The Morgan fingerprint density at radius 2 is 1.91 bits per heavy atom. The first-order valence-electron chi connectivity index (χ1n) is 3.15. The Morgan fingerprint density at radius 1 is 1.45 bits per heavy atom. The molecule has 0 spiro atoms. The normalized spacial score (nSPS) is 25.7. The molecular formula is C5H8F2O3S. The average Bonchev–Trinajstić information content (AvgIpc) is 1.79. The van der Waals surface area contributed by atoms with E-state index in [-0.39, 0.29) is 12.8 Å². The van der Waals surface area contributed by atoms with Crippen molar-refractivity contribution in [1.82, 2.24) is 0 Å². The van der Waals surface area contributed by atoms with E-state index >= 15 is 0 Å². The van der Waals surface area contributed by atoms with Gasteiger partial charge in [0.2, 0.25) is 0 Å². The minimum Gasteiger partial charge on any atom is -0.283 e. The quantitative estimate of drug-likeness (QED) is 0.656. The lowest BCUT2D eigenvalue weighted by Gasteiger charge is -2.34. The van der Waals surface area contributed by atoms with E-state index in [1.807, 2.05) is 0 Å². The van der Waals surface area contributed by atoms with Crippen LogP contribution >= 0.6 is 0 Å². The van der Waals surface area contributed by atoms with E-state index in [9.17, 15) is 17.2 Å². The Morgan fingerprint density at radius 3 is 2.00 bits per heavy atom. The molecule has 11 heavy (non-hydrogen) atoms. The first kappa shape index (κ1) is 8.86. The third kappa shape index (κ3) is 1.51. The molecule has 1 aliphatic rings. The number of halogens is 2. The molecular weight excluding hydrogens is 178 g/mol. The molecule has 1 unspecified atom stereocenters. The van der Waals surface area contributed by atoms with Crippen molar-refractivity contribution in [2.75, 3.05) is 0 Å². The highest BCUT2D eigenvalue weighted by Gasteiger charge is 2.51. The Kier molecular flexibility index (Phi) is 1.92. The van der Waals surface area contributed by atoms with Gasteiger partial charge < -0.3 is 0 Å². The lowest BCUT2D eigenvalue weighted by molar-refractivity contribution is 0.0124. The van der Waals surface area contributed by atoms with Gasteiger partial charge in [-0.05, 0) is 19.3 Å². The van der Waals surface area contributed by atoms with Gasteiger partial charge in [-0.15, -0.1) is 0 Å². The minimum atomic E-state index is -4.86. The molecule has 1 saturated carbocycles. The van der Waals surface area contributed by atoms with Crippen LogP contribution in [0.3, 0.4) is 0 Å². The predicted octanol–water partition coefficient (Wildman–Crippen LogP) is 1.06. The Balaban J connectivity index is 2.76. The monoisotopic (exact) mass is 186 g/mol. The molecule has 1 aliphatic carbocycles. The Labute approximate surface area is 63.2 Å².